The maximum atomic E-state index is 11.7. The molecule has 2 aromatic rings. The quantitative estimate of drug-likeness (QED) is 0.413. The lowest BCUT2D eigenvalue weighted by Crippen LogP contribution is -2.62. The van der Waals surface area contributed by atoms with Gasteiger partial charge in [0.2, 0.25) is 0 Å². The Balaban J connectivity index is 1.62. The van der Waals surface area contributed by atoms with E-state index in [1.54, 1.807) is 12.1 Å². The molecular weight excluding hydrogens is 424 g/mol. The van der Waals surface area contributed by atoms with Crippen molar-refractivity contribution >= 4 is 16.9 Å². The lowest BCUT2D eigenvalue weighted by atomic mass is 9.49. The van der Waals surface area contributed by atoms with E-state index >= 15 is 0 Å². The normalized spacial score (nSPS) is 33.4. The highest BCUT2D eigenvalue weighted by Crippen LogP contribution is 2.56. The maximum absolute atomic E-state index is 11.7. The van der Waals surface area contributed by atoms with Crippen LogP contribution < -0.4 is 10.4 Å². The average Bonchev–Trinajstić information content (AvgIpc) is 2.74. The SMILES string of the molecule is C=C1C(O)C(O)C2C(C1COc1ccc3ccc(=O)oc3c1)[C@@H](C)CC(OC(C)=O)C2(C)C. The molecule has 0 amide bonds. The van der Waals surface area contributed by atoms with Crippen LogP contribution in [0.25, 0.3) is 11.0 Å². The summed E-state index contributed by atoms with van der Waals surface area (Å²) in [7, 11) is 0. The Bertz CT molecular complexity index is 1120. The summed E-state index contributed by atoms with van der Waals surface area (Å²) in [6.07, 6.45) is -1.81. The van der Waals surface area contributed by atoms with E-state index in [1.807, 2.05) is 26.0 Å². The lowest BCUT2D eigenvalue weighted by molar-refractivity contribution is -0.194. The van der Waals surface area contributed by atoms with E-state index < -0.39 is 23.2 Å². The smallest absolute Gasteiger partial charge is 0.336 e. The number of esters is 1. The number of hydrogen-bond donors (Lipinski definition) is 2. The fourth-order valence-corrected chi connectivity index (χ4v) is 6.00. The number of benzene rings is 1. The minimum absolute atomic E-state index is 0.0175. The predicted molar refractivity (Wildman–Crippen MR) is 123 cm³/mol. The monoisotopic (exact) mass is 456 g/mol. The zero-order valence-corrected chi connectivity index (χ0v) is 19.5. The summed E-state index contributed by atoms with van der Waals surface area (Å²) in [5.74, 6) is -0.238. The zero-order valence-electron chi connectivity index (χ0n) is 19.5. The van der Waals surface area contributed by atoms with Gasteiger partial charge in [-0.15, -0.1) is 0 Å². The molecule has 2 saturated carbocycles. The van der Waals surface area contributed by atoms with Gasteiger partial charge in [0.15, 0.2) is 0 Å². The molecular formula is C26H32O7. The summed E-state index contributed by atoms with van der Waals surface area (Å²) in [4.78, 5) is 23.3. The van der Waals surface area contributed by atoms with Crippen molar-refractivity contribution in [3.63, 3.8) is 0 Å². The lowest BCUT2D eigenvalue weighted by Gasteiger charge is -2.58. The van der Waals surface area contributed by atoms with Crippen molar-refractivity contribution in [1.29, 1.82) is 0 Å². The first kappa shape index (κ1) is 23.5. The van der Waals surface area contributed by atoms with Gasteiger partial charge in [-0.3, -0.25) is 4.79 Å². The molecule has 6 unspecified atom stereocenters. The Morgan fingerprint density at radius 3 is 2.64 bits per heavy atom. The van der Waals surface area contributed by atoms with Crippen LogP contribution >= 0.6 is 0 Å². The van der Waals surface area contributed by atoms with Gasteiger partial charge in [-0.2, -0.15) is 0 Å². The van der Waals surface area contributed by atoms with Gasteiger partial charge in [-0.05, 0) is 42.0 Å². The second-order valence-electron chi connectivity index (χ2n) is 10.1. The predicted octanol–water partition coefficient (Wildman–Crippen LogP) is 3.31. The summed E-state index contributed by atoms with van der Waals surface area (Å²) in [5, 5.41) is 22.7. The van der Waals surface area contributed by atoms with Crippen LogP contribution in [0.5, 0.6) is 5.75 Å². The fraction of sp³-hybridized carbons (Fsp3) is 0.538. The number of aliphatic hydroxyl groups excluding tert-OH is 2. The van der Waals surface area contributed by atoms with Crippen molar-refractivity contribution in [3.05, 3.63) is 52.9 Å². The molecule has 2 fully saturated rings. The number of fused-ring (bicyclic) bond motifs is 2. The highest BCUT2D eigenvalue weighted by atomic mass is 16.5. The fourth-order valence-electron chi connectivity index (χ4n) is 6.00. The summed E-state index contributed by atoms with van der Waals surface area (Å²) in [6.45, 7) is 11.8. The molecule has 2 N–H and O–H groups in total. The van der Waals surface area contributed by atoms with Gasteiger partial charge in [0, 0.05) is 41.7 Å². The van der Waals surface area contributed by atoms with Crippen LogP contribution in [0.2, 0.25) is 0 Å². The molecule has 7 heteroatoms. The van der Waals surface area contributed by atoms with Crippen molar-refractivity contribution in [1.82, 2.24) is 0 Å². The minimum atomic E-state index is -1.10. The van der Waals surface area contributed by atoms with Crippen LogP contribution in [0.3, 0.4) is 0 Å². The first-order valence-corrected chi connectivity index (χ1v) is 11.4. The van der Waals surface area contributed by atoms with E-state index in [0.29, 0.717) is 23.3 Å². The van der Waals surface area contributed by atoms with E-state index in [4.69, 9.17) is 13.9 Å². The first-order valence-electron chi connectivity index (χ1n) is 11.4. The topological polar surface area (TPSA) is 106 Å². The summed E-state index contributed by atoms with van der Waals surface area (Å²) in [5.41, 5.74) is 0.00636. The van der Waals surface area contributed by atoms with Gasteiger partial charge < -0.3 is 24.1 Å². The van der Waals surface area contributed by atoms with Gasteiger partial charge in [0.25, 0.3) is 0 Å². The second kappa shape index (κ2) is 8.61. The Hall–Kier alpha value is -2.64. The Morgan fingerprint density at radius 2 is 1.94 bits per heavy atom. The third-order valence-corrected chi connectivity index (χ3v) is 7.69. The van der Waals surface area contributed by atoms with Gasteiger partial charge in [-0.1, -0.05) is 27.4 Å². The summed E-state index contributed by atoms with van der Waals surface area (Å²) >= 11 is 0. The molecule has 1 heterocycles. The van der Waals surface area contributed by atoms with Gasteiger partial charge in [-0.25, -0.2) is 4.79 Å². The standard InChI is InChI=1S/C26H32O7/c1-13-10-20(32-15(3)27)26(4,5)23-22(13)18(14(2)24(29)25(23)30)12-31-17-8-6-16-7-9-21(28)33-19(16)11-17/h6-9,11,13,18,20,22-25,29-30H,2,10,12H2,1,3-5H3/t13-,18?,20?,22?,23?,24?,25?/m0/s1. The zero-order chi connectivity index (χ0) is 24.1. The van der Waals surface area contributed by atoms with Crippen LogP contribution in [-0.2, 0) is 9.53 Å². The molecule has 0 radical (unpaired) electrons. The van der Waals surface area contributed by atoms with Crippen molar-refractivity contribution in [2.45, 2.75) is 52.4 Å². The van der Waals surface area contributed by atoms with E-state index in [2.05, 4.69) is 13.5 Å². The highest BCUT2D eigenvalue weighted by molar-refractivity contribution is 5.77. The summed E-state index contributed by atoms with van der Waals surface area (Å²) in [6, 6.07) is 8.37. The number of carbonyl (C=O) groups is 1. The van der Waals surface area contributed by atoms with Crippen LogP contribution in [0.15, 0.2) is 51.7 Å². The highest BCUT2D eigenvalue weighted by Gasteiger charge is 2.59. The molecule has 178 valence electrons. The van der Waals surface area contributed by atoms with E-state index in [0.717, 1.165) is 5.39 Å². The largest absolute Gasteiger partial charge is 0.493 e. The molecule has 1 aromatic heterocycles. The van der Waals surface area contributed by atoms with Crippen molar-refractivity contribution in [2.24, 2.45) is 29.1 Å². The van der Waals surface area contributed by atoms with Gasteiger partial charge in [0.1, 0.15) is 23.5 Å². The van der Waals surface area contributed by atoms with Crippen LogP contribution in [-0.4, -0.2) is 41.1 Å². The third-order valence-electron chi connectivity index (χ3n) is 7.69. The molecule has 1 aromatic carbocycles. The molecule has 4 rings (SSSR count). The Labute approximate surface area is 193 Å². The molecule has 0 aliphatic heterocycles. The van der Waals surface area contributed by atoms with Crippen LogP contribution in [0, 0.1) is 29.1 Å². The molecule has 33 heavy (non-hydrogen) atoms. The molecule has 7 atom stereocenters. The van der Waals surface area contributed by atoms with E-state index in [-0.39, 0.29) is 42.4 Å². The van der Waals surface area contributed by atoms with Gasteiger partial charge in [0.05, 0.1) is 12.7 Å². The first-order chi connectivity index (χ1) is 15.5. The molecule has 2 aliphatic carbocycles. The number of carbonyl (C=O) groups excluding carboxylic acids is 1. The average molecular weight is 457 g/mol. The van der Waals surface area contributed by atoms with Gasteiger partial charge >= 0.3 is 11.6 Å². The molecule has 0 spiro atoms. The maximum Gasteiger partial charge on any atom is 0.336 e. The van der Waals surface area contributed by atoms with Crippen molar-refractivity contribution in [3.8, 4) is 5.75 Å². The van der Waals surface area contributed by atoms with Crippen LogP contribution in [0.1, 0.15) is 34.1 Å². The third kappa shape index (κ3) is 4.20. The van der Waals surface area contributed by atoms with Crippen molar-refractivity contribution < 1.29 is 28.9 Å². The Morgan fingerprint density at radius 1 is 1.24 bits per heavy atom. The minimum Gasteiger partial charge on any atom is -0.493 e. The molecule has 2 aliphatic rings. The summed E-state index contributed by atoms with van der Waals surface area (Å²) < 4.78 is 17.0. The number of aliphatic hydroxyl groups is 2. The molecule has 0 bridgehead atoms. The van der Waals surface area contributed by atoms with Crippen LogP contribution in [0.4, 0.5) is 0 Å². The van der Waals surface area contributed by atoms with E-state index in [9.17, 15) is 19.8 Å². The van der Waals surface area contributed by atoms with Crippen molar-refractivity contribution in [2.75, 3.05) is 6.61 Å². The second-order valence-corrected chi connectivity index (χ2v) is 10.1. The Kier molecular flexibility index (Phi) is 6.14. The van der Waals surface area contributed by atoms with E-state index in [1.165, 1.54) is 13.0 Å². The molecule has 7 nitrogen and oxygen atoms in total. The number of hydrogen-bond acceptors (Lipinski definition) is 7. The number of rotatable bonds is 4. The molecule has 0 saturated heterocycles. The number of ether oxygens (including phenoxy) is 2.